The molecule has 0 fully saturated rings. The summed E-state index contributed by atoms with van der Waals surface area (Å²) in [6.07, 6.45) is 0. The average Bonchev–Trinajstić information content (AvgIpc) is 0.918. The van der Waals surface area contributed by atoms with Crippen molar-refractivity contribution in [3.63, 3.8) is 0 Å². The number of rotatable bonds is 0. The van der Waals surface area contributed by atoms with Crippen LogP contribution in [0.25, 0.3) is 0 Å². The Labute approximate surface area is 145 Å². The zero-order valence-electron chi connectivity index (χ0n) is 1.43. The first-order chi connectivity index (χ1) is 1.41. The Balaban J connectivity index is -0.000000000167. The minimum Gasteiger partial charge on any atom is -0.203 e. The Morgan fingerprint density at radius 1 is 0.368 bits per heavy atom. The smallest absolute Gasteiger partial charge is 0.0392 e. The van der Waals surface area contributed by atoms with Crippen molar-refractivity contribution < 1.29 is 0 Å². The van der Waals surface area contributed by atoms with Crippen LogP contribution in [-0.2, 0) is 12.4 Å². The molecule has 0 heterocycles. The van der Waals surface area contributed by atoms with Gasteiger partial charge in [-0.25, -0.2) is 4.13 Å². The van der Waals surface area contributed by atoms with E-state index < -0.39 is 0 Å². The predicted molar refractivity (Wildman–Crippen MR) is 127 cm³/mol. The van der Waals surface area contributed by atoms with Crippen molar-refractivity contribution in [3.8, 4) is 0 Å². The summed E-state index contributed by atoms with van der Waals surface area (Å²) in [4.78, 5) is 0. The summed E-state index contributed by atoms with van der Waals surface area (Å²) in [5.74, 6) is 0. The summed E-state index contributed by atoms with van der Waals surface area (Å²) in [7, 11) is 2.02. The van der Waals surface area contributed by atoms with Gasteiger partial charge in [0.25, 0.3) is 0 Å². The first-order valence-electron chi connectivity index (χ1n) is 0.441. The van der Waals surface area contributed by atoms with Gasteiger partial charge in [0.05, 0.1) is 0 Å². The van der Waals surface area contributed by atoms with E-state index in [0.717, 1.165) is 0 Å². The normalized spacial score (nSPS) is 0.684. The Bertz CT molecular complexity index is 24.2. The molecule has 0 spiro atoms. The molecular weight excluding hydrogens is 269 g/mol. The van der Waals surface area contributed by atoms with Crippen LogP contribution in [0.2, 0.25) is 0 Å². The molecule has 0 aliphatic heterocycles. The monoisotopic (exact) mass is 335 g/mol. The fourth-order valence-electron chi connectivity index (χ4n) is 0. The van der Waals surface area contributed by atoms with E-state index in [9.17, 15) is 0 Å². The third kappa shape index (κ3) is 24700. The maximum Gasteiger partial charge on any atom is 0.0392 e. The van der Waals surface area contributed by atoms with Crippen LogP contribution in [0, 0.1) is 0 Å². The van der Waals surface area contributed by atoms with Gasteiger partial charge >= 0.3 is 0 Å². The standard InChI is InChI=1S/16CH4.H2NPS/c;;;;;;;;;;;;;;;;2-1-3/h16*1H4;2H2. The van der Waals surface area contributed by atoms with Crippen LogP contribution in [0.4, 0.5) is 0 Å². The van der Waals surface area contributed by atoms with Gasteiger partial charge in [-0.15, -0.1) is 0 Å². The highest BCUT2D eigenvalue weighted by Gasteiger charge is 1.14. The summed E-state index contributed by atoms with van der Waals surface area (Å²) >= 11 is 3.98. The quantitative estimate of drug-likeness (QED) is 0.401. The molecule has 19 heavy (non-hydrogen) atoms. The van der Waals surface area contributed by atoms with E-state index in [0.29, 0.717) is 0 Å². The van der Waals surface area contributed by atoms with Gasteiger partial charge in [0.1, 0.15) is 0 Å². The molecule has 0 aliphatic carbocycles. The molecule has 146 valence electrons. The molecule has 0 bridgehead atoms. The van der Waals surface area contributed by atoms with Crippen molar-refractivity contribution in [2.75, 3.05) is 0 Å². The summed E-state index contributed by atoms with van der Waals surface area (Å²) in [5, 5.41) is 0. The molecule has 1 atom stereocenters. The van der Waals surface area contributed by atoms with E-state index in [2.05, 4.69) is 16.6 Å². The van der Waals surface area contributed by atoms with Crippen LogP contribution in [0.5, 0.6) is 0 Å². The largest absolute Gasteiger partial charge is 0.203 e. The third-order valence-electron chi connectivity index (χ3n) is 0. The molecule has 0 saturated heterocycles. The lowest BCUT2D eigenvalue weighted by molar-refractivity contribution is 2.12. The zero-order valence-corrected chi connectivity index (χ0v) is 3.40. The van der Waals surface area contributed by atoms with E-state index in [1.54, 1.807) is 0 Å². The van der Waals surface area contributed by atoms with Crippen LogP contribution in [0.15, 0.2) is 4.13 Å². The second-order valence-electron chi connectivity index (χ2n) is 0.105. The van der Waals surface area contributed by atoms with Gasteiger partial charge in [-0.1, -0.05) is 119 Å². The highest BCUT2D eigenvalue weighted by atomic mass is 32.1. The van der Waals surface area contributed by atoms with Gasteiger partial charge in [-0.2, -0.15) is 0 Å². The van der Waals surface area contributed by atoms with E-state index in [1.807, 2.05) is 9.39 Å². The molecule has 3 heteroatoms. The molecular formula is C16H66NPS. The van der Waals surface area contributed by atoms with Crippen LogP contribution >= 0.6 is 9.39 Å². The lowest BCUT2D eigenvalue weighted by Crippen LogP contribution is -0.921. The lowest BCUT2D eigenvalue weighted by atomic mass is 12.0. The summed E-state index contributed by atoms with van der Waals surface area (Å²) in [6, 6.07) is 0. The second-order valence-corrected chi connectivity index (χ2v) is 0.949. The van der Waals surface area contributed by atoms with Crippen LogP contribution in [-0.4, -0.2) is 0 Å². The molecule has 0 radical (unpaired) electrons. The van der Waals surface area contributed by atoms with Crippen LogP contribution in [0.1, 0.15) is 119 Å². The predicted octanol–water partition coefficient (Wildman–Crippen LogP) is 10.7. The van der Waals surface area contributed by atoms with Gasteiger partial charge in [-0.05, 0) is 0 Å². The van der Waals surface area contributed by atoms with Gasteiger partial charge in [0, 0.05) is 21.8 Å². The highest BCUT2D eigenvalue weighted by Crippen LogP contribution is 1.69. The topological polar surface area (TPSA) is 12.4 Å². The minimum atomic E-state index is 0. The van der Waals surface area contributed by atoms with Crippen molar-refractivity contribution in [1.82, 2.24) is 0 Å². The van der Waals surface area contributed by atoms with Gasteiger partial charge in [0.15, 0.2) is 0 Å². The van der Waals surface area contributed by atoms with Crippen LogP contribution in [0.3, 0.4) is 0 Å². The first-order valence-corrected chi connectivity index (χ1v) is 1.32. The fourth-order valence-corrected chi connectivity index (χ4v) is 0. The molecule has 0 N–H and O–H groups in total. The Kier molecular flexibility index (Phi) is 155000. The summed E-state index contributed by atoms with van der Waals surface area (Å²) in [6.45, 7) is 0. The molecule has 0 aliphatic rings. The van der Waals surface area contributed by atoms with Crippen molar-refractivity contribution in [3.05, 3.63) is 0 Å². The summed E-state index contributed by atoms with van der Waals surface area (Å²) in [5.41, 5.74) is 0. The number of hydrogen-bond acceptors (Lipinski definition) is 2. The van der Waals surface area contributed by atoms with Gasteiger partial charge < -0.3 is 0 Å². The Hall–Kier alpha value is 0.450. The van der Waals surface area contributed by atoms with Crippen molar-refractivity contribution >= 4 is 21.8 Å². The number of nitrogens with zero attached hydrogens (tertiary/aromatic N) is 1. The van der Waals surface area contributed by atoms with Gasteiger partial charge in [0.2, 0.25) is 0 Å². The number of hydrogen-bond donors (Lipinski definition) is 0. The van der Waals surface area contributed by atoms with E-state index >= 15 is 0 Å². The van der Waals surface area contributed by atoms with Crippen LogP contribution < -0.4 is 0 Å². The molecule has 1 unspecified atom stereocenters. The third-order valence-corrected chi connectivity index (χ3v) is 0. The molecule has 0 rings (SSSR count). The van der Waals surface area contributed by atoms with E-state index in [4.69, 9.17) is 0 Å². The minimum absolute atomic E-state index is 0. The lowest BCUT2D eigenvalue weighted by Gasteiger charge is -1.32. The summed E-state index contributed by atoms with van der Waals surface area (Å²) < 4.78 is 3.00. The van der Waals surface area contributed by atoms with Crippen molar-refractivity contribution in [2.24, 2.45) is 4.13 Å². The first kappa shape index (κ1) is 1100. The molecule has 0 saturated carbocycles. The maximum absolute atomic E-state index is 3.98. The molecule has 0 aromatic heterocycles. The maximum atomic E-state index is 3.98. The SMILES string of the molecule is C.C.C.C.C.C.C.C.C.C.C.C.C.C.C.C.PN=S. The fraction of sp³-hybridized carbons (Fsp3) is 1.00. The molecule has 1 nitrogen and oxygen atoms in total. The Morgan fingerprint density at radius 3 is 0.368 bits per heavy atom. The van der Waals surface area contributed by atoms with E-state index in [1.165, 1.54) is 0 Å². The van der Waals surface area contributed by atoms with Crippen molar-refractivity contribution in [2.45, 2.75) is 119 Å². The molecule has 0 amide bonds. The van der Waals surface area contributed by atoms with Crippen molar-refractivity contribution in [1.29, 1.82) is 0 Å². The highest BCUT2D eigenvalue weighted by molar-refractivity contribution is 7.51. The molecule has 0 aromatic rings. The van der Waals surface area contributed by atoms with Gasteiger partial charge in [-0.3, -0.25) is 0 Å². The average molecular weight is 336 g/mol. The Morgan fingerprint density at radius 2 is 0.368 bits per heavy atom. The second kappa shape index (κ2) is 2670. The van der Waals surface area contributed by atoms with E-state index in [-0.39, 0.29) is 119 Å². The molecule has 0 aromatic carbocycles. The zero-order chi connectivity index (χ0) is 2.71.